The molecule has 2 aromatic heterocycles. The Morgan fingerprint density at radius 2 is 2.17 bits per heavy atom. The van der Waals surface area contributed by atoms with Crippen molar-refractivity contribution in [1.29, 1.82) is 0 Å². The summed E-state index contributed by atoms with van der Waals surface area (Å²) in [4.78, 5) is 12.1. The Kier molecular flexibility index (Phi) is 5.04. The molecule has 0 aliphatic carbocycles. The number of carbonyl (C=O) groups excluding carboxylic acids is 1. The maximum absolute atomic E-state index is 12.1. The SMILES string of the molecule is COC(=O)[C@@H](Sc1nnnn1Cc1ccccc1)c1ccsc1. The topological polar surface area (TPSA) is 69.9 Å². The standard InChI is InChI=1S/C15H14N4O2S2/c1-21-14(20)13(12-7-8-22-10-12)23-15-16-17-18-19(15)9-11-5-3-2-4-6-11/h2-8,10,13H,9H2,1H3/t13-/m0/s1. The zero-order chi connectivity index (χ0) is 16.1. The first-order chi connectivity index (χ1) is 11.3. The number of ether oxygens (including phenoxy) is 1. The molecule has 0 unspecified atom stereocenters. The van der Waals surface area contributed by atoms with Gasteiger partial charge in [0.2, 0.25) is 5.16 Å². The summed E-state index contributed by atoms with van der Waals surface area (Å²) in [7, 11) is 1.38. The molecule has 0 aliphatic heterocycles. The van der Waals surface area contributed by atoms with Gasteiger partial charge in [-0.1, -0.05) is 42.1 Å². The van der Waals surface area contributed by atoms with Gasteiger partial charge in [0.25, 0.3) is 0 Å². The van der Waals surface area contributed by atoms with Gasteiger partial charge < -0.3 is 4.74 Å². The van der Waals surface area contributed by atoms with Crippen LogP contribution in [0.5, 0.6) is 0 Å². The number of thioether (sulfide) groups is 1. The molecule has 0 fully saturated rings. The lowest BCUT2D eigenvalue weighted by molar-refractivity contribution is -0.140. The number of rotatable bonds is 6. The molecule has 1 aromatic carbocycles. The number of hydrogen-bond acceptors (Lipinski definition) is 7. The van der Waals surface area contributed by atoms with E-state index in [2.05, 4.69) is 15.5 Å². The third kappa shape index (κ3) is 3.77. The molecule has 0 saturated carbocycles. The van der Waals surface area contributed by atoms with Crippen LogP contribution in [0.1, 0.15) is 16.4 Å². The molecule has 0 N–H and O–H groups in total. The average molecular weight is 346 g/mol. The molecule has 23 heavy (non-hydrogen) atoms. The number of thiophene rings is 1. The van der Waals surface area contributed by atoms with E-state index in [1.54, 1.807) is 4.68 Å². The maximum Gasteiger partial charge on any atom is 0.323 e. The summed E-state index contributed by atoms with van der Waals surface area (Å²) in [5, 5.41) is 15.7. The largest absolute Gasteiger partial charge is 0.468 e. The van der Waals surface area contributed by atoms with Gasteiger partial charge in [-0.25, -0.2) is 4.68 Å². The lowest BCUT2D eigenvalue weighted by Crippen LogP contribution is -2.12. The van der Waals surface area contributed by atoms with E-state index in [0.29, 0.717) is 11.7 Å². The predicted octanol–water partition coefficient (Wildman–Crippen LogP) is 2.79. The minimum atomic E-state index is -0.480. The van der Waals surface area contributed by atoms with E-state index in [-0.39, 0.29) is 5.97 Å². The van der Waals surface area contributed by atoms with Gasteiger partial charge in [-0.15, -0.1) is 5.10 Å². The van der Waals surface area contributed by atoms with Crippen molar-refractivity contribution in [2.24, 2.45) is 0 Å². The fraction of sp³-hybridized carbons (Fsp3) is 0.200. The van der Waals surface area contributed by atoms with Gasteiger partial charge in [-0.2, -0.15) is 11.3 Å². The summed E-state index contributed by atoms with van der Waals surface area (Å²) >= 11 is 2.83. The first-order valence-electron chi connectivity index (χ1n) is 6.84. The van der Waals surface area contributed by atoms with Crippen LogP contribution in [0.25, 0.3) is 0 Å². The summed E-state index contributed by atoms with van der Waals surface area (Å²) in [5.74, 6) is -0.317. The molecular weight excluding hydrogens is 332 g/mol. The first kappa shape index (κ1) is 15.7. The molecule has 1 atom stereocenters. The molecule has 2 heterocycles. The number of benzene rings is 1. The van der Waals surface area contributed by atoms with Crippen LogP contribution < -0.4 is 0 Å². The molecule has 0 radical (unpaired) electrons. The van der Waals surface area contributed by atoms with Crippen molar-refractivity contribution in [2.45, 2.75) is 17.0 Å². The number of tetrazole rings is 1. The highest BCUT2D eigenvalue weighted by Gasteiger charge is 2.26. The van der Waals surface area contributed by atoms with Crippen LogP contribution in [-0.2, 0) is 16.1 Å². The first-order valence-corrected chi connectivity index (χ1v) is 8.67. The fourth-order valence-corrected chi connectivity index (χ4v) is 3.79. The molecule has 3 rings (SSSR count). The summed E-state index contributed by atoms with van der Waals surface area (Å²) in [6, 6.07) is 11.8. The summed E-state index contributed by atoms with van der Waals surface area (Å²) in [5.41, 5.74) is 1.98. The minimum absolute atomic E-state index is 0.317. The quantitative estimate of drug-likeness (QED) is 0.505. The van der Waals surface area contributed by atoms with Gasteiger partial charge in [0.15, 0.2) is 0 Å². The normalized spacial score (nSPS) is 12.0. The zero-order valence-corrected chi connectivity index (χ0v) is 14.0. The Bertz CT molecular complexity index is 759. The number of hydrogen-bond donors (Lipinski definition) is 0. The summed E-state index contributed by atoms with van der Waals surface area (Å²) in [6.45, 7) is 0.549. The highest BCUT2D eigenvalue weighted by Crippen LogP contribution is 2.35. The Labute approximate surface area is 141 Å². The molecule has 0 saturated heterocycles. The number of nitrogens with zero attached hydrogens (tertiary/aromatic N) is 4. The number of carbonyl (C=O) groups is 1. The van der Waals surface area contributed by atoms with Crippen LogP contribution in [0.3, 0.4) is 0 Å². The third-order valence-corrected chi connectivity index (χ3v) is 5.06. The van der Waals surface area contributed by atoms with Crippen LogP contribution in [-0.4, -0.2) is 33.3 Å². The molecule has 0 bridgehead atoms. The highest BCUT2D eigenvalue weighted by molar-refractivity contribution is 8.00. The van der Waals surface area contributed by atoms with Gasteiger partial charge >= 0.3 is 5.97 Å². The van der Waals surface area contributed by atoms with Crippen molar-refractivity contribution < 1.29 is 9.53 Å². The molecular formula is C15H14N4O2S2. The second kappa shape index (κ2) is 7.38. The third-order valence-electron chi connectivity index (χ3n) is 3.16. The van der Waals surface area contributed by atoms with Crippen molar-refractivity contribution in [2.75, 3.05) is 7.11 Å². The monoisotopic (exact) mass is 346 g/mol. The van der Waals surface area contributed by atoms with Crippen LogP contribution in [0.2, 0.25) is 0 Å². The van der Waals surface area contributed by atoms with Crippen molar-refractivity contribution in [3.63, 3.8) is 0 Å². The number of aromatic nitrogens is 4. The van der Waals surface area contributed by atoms with Crippen molar-refractivity contribution >= 4 is 29.1 Å². The summed E-state index contributed by atoms with van der Waals surface area (Å²) < 4.78 is 6.59. The maximum atomic E-state index is 12.1. The van der Waals surface area contributed by atoms with Gasteiger partial charge in [0.05, 0.1) is 13.7 Å². The van der Waals surface area contributed by atoms with E-state index < -0.39 is 5.25 Å². The van der Waals surface area contributed by atoms with Crippen molar-refractivity contribution in [3.8, 4) is 0 Å². The summed E-state index contributed by atoms with van der Waals surface area (Å²) in [6.07, 6.45) is 0. The second-order valence-electron chi connectivity index (χ2n) is 4.68. The number of esters is 1. The molecule has 6 nitrogen and oxygen atoms in total. The van der Waals surface area contributed by atoms with Crippen LogP contribution in [0.15, 0.2) is 52.3 Å². The van der Waals surface area contributed by atoms with Gasteiger partial charge in [-0.05, 0) is 38.4 Å². The Balaban J connectivity index is 1.81. The van der Waals surface area contributed by atoms with E-state index >= 15 is 0 Å². The molecule has 0 amide bonds. The van der Waals surface area contributed by atoms with Gasteiger partial charge in [-0.3, -0.25) is 4.79 Å². The Hall–Kier alpha value is -2.19. The van der Waals surface area contributed by atoms with E-state index in [4.69, 9.17) is 4.74 Å². The Morgan fingerprint density at radius 3 is 2.87 bits per heavy atom. The van der Waals surface area contributed by atoms with E-state index in [9.17, 15) is 4.79 Å². The van der Waals surface area contributed by atoms with Crippen molar-refractivity contribution in [3.05, 3.63) is 58.3 Å². The molecule has 0 aliphatic rings. The molecule has 3 aromatic rings. The highest BCUT2D eigenvalue weighted by atomic mass is 32.2. The fourth-order valence-electron chi connectivity index (χ4n) is 2.03. The average Bonchev–Trinajstić information content (AvgIpc) is 3.25. The Morgan fingerprint density at radius 1 is 1.35 bits per heavy atom. The lowest BCUT2D eigenvalue weighted by Gasteiger charge is -2.12. The minimum Gasteiger partial charge on any atom is -0.468 e. The molecule has 0 spiro atoms. The van der Waals surface area contributed by atoms with E-state index in [1.807, 2.05) is 47.2 Å². The lowest BCUT2D eigenvalue weighted by atomic mass is 10.2. The van der Waals surface area contributed by atoms with Crippen molar-refractivity contribution in [1.82, 2.24) is 20.2 Å². The van der Waals surface area contributed by atoms with E-state index in [1.165, 1.54) is 30.2 Å². The second-order valence-corrected chi connectivity index (χ2v) is 6.53. The van der Waals surface area contributed by atoms with Crippen LogP contribution in [0.4, 0.5) is 0 Å². The number of methoxy groups -OCH3 is 1. The van der Waals surface area contributed by atoms with Gasteiger partial charge in [0.1, 0.15) is 5.25 Å². The molecule has 118 valence electrons. The van der Waals surface area contributed by atoms with E-state index in [0.717, 1.165) is 11.1 Å². The van der Waals surface area contributed by atoms with Crippen LogP contribution >= 0.6 is 23.1 Å². The smallest absolute Gasteiger partial charge is 0.323 e. The predicted molar refractivity (Wildman–Crippen MR) is 88.3 cm³/mol. The molecule has 8 heteroatoms. The zero-order valence-electron chi connectivity index (χ0n) is 12.3. The van der Waals surface area contributed by atoms with Crippen LogP contribution in [0, 0.1) is 0 Å². The van der Waals surface area contributed by atoms with Gasteiger partial charge in [0, 0.05) is 0 Å².